The number of nitrogens with zero attached hydrogens (tertiary/aromatic N) is 1. The van der Waals surface area contributed by atoms with E-state index in [-0.39, 0.29) is 5.92 Å². The summed E-state index contributed by atoms with van der Waals surface area (Å²) in [4.78, 5) is 0. The van der Waals surface area contributed by atoms with E-state index in [2.05, 4.69) is 25.2 Å². The molecule has 0 bridgehead atoms. The van der Waals surface area contributed by atoms with Crippen LogP contribution < -0.4 is 5.32 Å². The van der Waals surface area contributed by atoms with Crippen LogP contribution in [0.25, 0.3) is 0 Å². The molecule has 1 rings (SSSR count). The fourth-order valence-electron chi connectivity index (χ4n) is 2.38. The highest BCUT2D eigenvalue weighted by Crippen LogP contribution is 2.29. The zero-order valence-electron chi connectivity index (χ0n) is 10.3. The number of nitrogens with one attached hydrogen (secondary N) is 1. The number of rotatable bonds is 4. The molecule has 1 aliphatic rings. The molecular formula is C13H24N2. The van der Waals surface area contributed by atoms with E-state index in [0.717, 1.165) is 18.4 Å². The molecule has 0 aromatic heterocycles. The minimum Gasteiger partial charge on any atom is -0.313 e. The predicted octanol–water partition coefficient (Wildman–Crippen LogP) is 2.95. The lowest BCUT2D eigenvalue weighted by molar-refractivity contribution is 0.237. The molecule has 1 N–H and O–H groups in total. The van der Waals surface area contributed by atoms with Crippen molar-refractivity contribution in [1.82, 2.24) is 5.32 Å². The van der Waals surface area contributed by atoms with E-state index >= 15 is 0 Å². The second-order valence-electron chi connectivity index (χ2n) is 5.29. The first kappa shape index (κ1) is 12.5. The van der Waals surface area contributed by atoms with Crippen LogP contribution in [-0.4, -0.2) is 12.6 Å². The highest BCUT2D eigenvalue weighted by molar-refractivity contribution is 4.84. The first-order valence-corrected chi connectivity index (χ1v) is 6.26. The van der Waals surface area contributed by atoms with E-state index in [1.165, 1.54) is 25.7 Å². The molecule has 0 aromatic rings. The summed E-state index contributed by atoms with van der Waals surface area (Å²) in [5, 5.41) is 12.2. The molecule has 0 aromatic carbocycles. The summed E-state index contributed by atoms with van der Waals surface area (Å²) in [6, 6.07) is 2.93. The third-order valence-electron chi connectivity index (χ3n) is 3.65. The van der Waals surface area contributed by atoms with E-state index in [0.29, 0.717) is 6.04 Å². The van der Waals surface area contributed by atoms with E-state index < -0.39 is 0 Å². The lowest BCUT2D eigenvalue weighted by atomic mass is 9.79. The SMILES string of the molecule is CC(C#N)CNC1CCC(C(C)C)CC1. The van der Waals surface area contributed by atoms with Crippen LogP contribution in [-0.2, 0) is 0 Å². The van der Waals surface area contributed by atoms with Gasteiger partial charge in [-0.2, -0.15) is 5.26 Å². The molecule has 1 fully saturated rings. The van der Waals surface area contributed by atoms with Gasteiger partial charge in [0.25, 0.3) is 0 Å². The maximum Gasteiger partial charge on any atom is 0.0666 e. The Balaban J connectivity index is 2.18. The van der Waals surface area contributed by atoms with Crippen molar-refractivity contribution < 1.29 is 0 Å². The number of hydrogen-bond acceptors (Lipinski definition) is 2. The zero-order chi connectivity index (χ0) is 11.3. The van der Waals surface area contributed by atoms with Crippen molar-refractivity contribution in [2.24, 2.45) is 17.8 Å². The van der Waals surface area contributed by atoms with Crippen LogP contribution in [0.3, 0.4) is 0 Å². The molecule has 1 saturated carbocycles. The summed E-state index contributed by atoms with van der Waals surface area (Å²) in [5.74, 6) is 1.91. The summed E-state index contributed by atoms with van der Waals surface area (Å²) >= 11 is 0. The van der Waals surface area contributed by atoms with Gasteiger partial charge >= 0.3 is 0 Å². The van der Waals surface area contributed by atoms with Gasteiger partial charge in [0.05, 0.1) is 12.0 Å². The molecule has 0 radical (unpaired) electrons. The van der Waals surface area contributed by atoms with Gasteiger partial charge in [-0.3, -0.25) is 0 Å². The topological polar surface area (TPSA) is 35.8 Å². The Hall–Kier alpha value is -0.550. The lowest BCUT2D eigenvalue weighted by Gasteiger charge is -2.31. The number of hydrogen-bond donors (Lipinski definition) is 1. The summed E-state index contributed by atoms with van der Waals surface area (Å²) in [7, 11) is 0. The Kier molecular flexibility index (Phi) is 5.11. The maximum atomic E-state index is 8.69. The second kappa shape index (κ2) is 6.12. The van der Waals surface area contributed by atoms with Crippen LogP contribution in [0.5, 0.6) is 0 Å². The zero-order valence-corrected chi connectivity index (χ0v) is 10.3. The molecular weight excluding hydrogens is 184 g/mol. The Morgan fingerprint density at radius 3 is 2.27 bits per heavy atom. The smallest absolute Gasteiger partial charge is 0.0666 e. The Morgan fingerprint density at radius 1 is 1.20 bits per heavy atom. The molecule has 0 heterocycles. The molecule has 0 aliphatic heterocycles. The van der Waals surface area contributed by atoms with E-state index in [1.54, 1.807) is 0 Å². The first-order chi connectivity index (χ1) is 7.13. The van der Waals surface area contributed by atoms with E-state index in [1.807, 2.05) is 6.92 Å². The minimum atomic E-state index is 0.146. The standard InChI is InChI=1S/C13H24N2/c1-10(2)12-4-6-13(7-5-12)15-9-11(3)8-14/h10-13,15H,4-7,9H2,1-3H3. The van der Waals surface area contributed by atoms with Gasteiger partial charge in [0.1, 0.15) is 0 Å². The van der Waals surface area contributed by atoms with Gasteiger partial charge in [-0.15, -0.1) is 0 Å². The molecule has 0 spiro atoms. The molecule has 1 atom stereocenters. The lowest BCUT2D eigenvalue weighted by Crippen LogP contribution is -2.36. The summed E-state index contributed by atoms with van der Waals surface area (Å²) in [6.07, 6.45) is 5.30. The van der Waals surface area contributed by atoms with Crippen molar-refractivity contribution in [3.63, 3.8) is 0 Å². The quantitative estimate of drug-likeness (QED) is 0.771. The molecule has 15 heavy (non-hydrogen) atoms. The van der Waals surface area contributed by atoms with Gasteiger partial charge in [0.15, 0.2) is 0 Å². The Bertz CT molecular complexity index is 209. The van der Waals surface area contributed by atoms with Crippen LogP contribution >= 0.6 is 0 Å². The maximum absolute atomic E-state index is 8.69. The van der Waals surface area contributed by atoms with Crippen LogP contribution in [0, 0.1) is 29.1 Å². The van der Waals surface area contributed by atoms with Crippen LogP contribution in [0.4, 0.5) is 0 Å². The van der Waals surface area contributed by atoms with Crippen LogP contribution in [0.1, 0.15) is 46.5 Å². The van der Waals surface area contributed by atoms with Gasteiger partial charge in [-0.25, -0.2) is 0 Å². The molecule has 1 aliphatic carbocycles. The van der Waals surface area contributed by atoms with Gasteiger partial charge in [0.2, 0.25) is 0 Å². The monoisotopic (exact) mass is 208 g/mol. The third-order valence-corrected chi connectivity index (χ3v) is 3.65. The fraction of sp³-hybridized carbons (Fsp3) is 0.923. The normalized spacial score (nSPS) is 28.7. The van der Waals surface area contributed by atoms with Crippen molar-refractivity contribution >= 4 is 0 Å². The predicted molar refractivity (Wildman–Crippen MR) is 63.4 cm³/mol. The van der Waals surface area contributed by atoms with Gasteiger partial charge < -0.3 is 5.32 Å². The van der Waals surface area contributed by atoms with E-state index in [9.17, 15) is 0 Å². The Labute approximate surface area is 94.1 Å². The van der Waals surface area contributed by atoms with Crippen molar-refractivity contribution in [2.75, 3.05) is 6.54 Å². The minimum absolute atomic E-state index is 0.146. The van der Waals surface area contributed by atoms with E-state index in [4.69, 9.17) is 5.26 Å². The van der Waals surface area contributed by atoms with Gasteiger partial charge in [0, 0.05) is 12.6 Å². The van der Waals surface area contributed by atoms with Crippen molar-refractivity contribution in [2.45, 2.75) is 52.5 Å². The highest BCUT2D eigenvalue weighted by Gasteiger charge is 2.22. The summed E-state index contributed by atoms with van der Waals surface area (Å²) in [5.41, 5.74) is 0. The average molecular weight is 208 g/mol. The van der Waals surface area contributed by atoms with Crippen molar-refractivity contribution in [3.8, 4) is 6.07 Å². The largest absolute Gasteiger partial charge is 0.313 e. The fourth-order valence-corrected chi connectivity index (χ4v) is 2.38. The van der Waals surface area contributed by atoms with Crippen LogP contribution in [0.15, 0.2) is 0 Å². The van der Waals surface area contributed by atoms with Crippen molar-refractivity contribution in [1.29, 1.82) is 5.26 Å². The van der Waals surface area contributed by atoms with Crippen molar-refractivity contribution in [3.05, 3.63) is 0 Å². The molecule has 0 saturated heterocycles. The number of nitriles is 1. The molecule has 2 nitrogen and oxygen atoms in total. The Morgan fingerprint density at radius 2 is 1.80 bits per heavy atom. The summed E-state index contributed by atoms with van der Waals surface area (Å²) in [6.45, 7) is 7.49. The van der Waals surface area contributed by atoms with Crippen LogP contribution in [0.2, 0.25) is 0 Å². The molecule has 0 amide bonds. The molecule has 86 valence electrons. The second-order valence-corrected chi connectivity index (χ2v) is 5.29. The van der Waals surface area contributed by atoms with Gasteiger partial charge in [-0.05, 0) is 44.4 Å². The first-order valence-electron chi connectivity index (χ1n) is 6.26. The average Bonchev–Trinajstić information content (AvgIpc) is 2.26. The third kappa shape index (κ3) is 4.22. The molecule has 2 heteroatoms. The van der Waals surface area contributed by atoms with Gasteiger partial charge in [-0.1, -0.05) is 13.8 Å². The summed E-state index contributed by atoms with van der Waals surface area (Å²) < 4.78 is 0. The highest BCUT2D eigenvalue weighted by atomic mass is 14.9. The molecule has 1 unspecified atom stereocenters.